The van der Waals surface area contributed by atoms with Gasteiger partial charge in [0.2, 0.25) is 5.91 Å². The lowest BCUT2D eigenvalue weighted by atomic mass is 10.1. The van der Waals surface area contributed by atoms with Gasteiger partial charge in [-0.2, -0.15) is 0 Å². The summed E-state index contributed by atoms with van der Waals surface area (Å²) in [4.78, 5) is 29.1. The first-order chi connectivity index (χ1) is 11.5. The molecule has 0 aliphatic rings. The number of anilines is 1. The first kappa shape index (κ1) is 16.7. The zero-order valence-corrected chi connectivity index (χ0v) is 15.0. The van der Waals surface area contributed by atoms with Crippen LogP contribution >= 0.6 is 23.1 Å². The molecule has 0 aliphatic heterocycles. The molecule has 0 atom stereocenters. The Labute approximate surface area is 147 Å². The van der Waals surface area contributed by atoms with Crippen molar-refractivity contribution in [2.45, 2.75) is 19.6 Å². The average molecular weight is 359 g/mol. The van der Waals surface area contributed by atoms with Crippen LogP contribution in [0.1, 0.15) is 16.8 Å². The Morgan fingerprint density at radius 3 is 3.00 bits per heavy atom. The van der Waals surface area contributed by atoms with E-state index in [9.17, 15) is 9.59 Å². The highest BCUT2D eigenvalue weighted by molar-refractivity contribution is 7.99. The quantitative estimate of drug-likeness (QED) is 0.760. The number of rotatable bonds is 5. The molecular formula is C17H17N3O2S2. The van der Waals surface area contributed by atoms with Crippen LogP contribution < -0.4 is 10.9 Å². The van der Waals surface area contributed by atoms with E-state index in [-0.39, 0.29) is 11.5 Å². The number of nitrogens with zero attached hydrogens (tertiary/aromatic N) is 2. The molecule has 7 heteroatoms. The Morgan fingerprint density at radius 1 is 1.33 bits per heavy atom. The third kappa shape index (κ3) is 3.85. The molecule has 0 saturated carbocycles. The minimum Gasteiger partial charge on any atom is -0.325 e. The SMILES string of the molecule is Cc1ccc(C)c(NC(=O)CSCc2cc(=O)n3ccsc3n2)c1. The maximum Gasteiger partial charge on any atom is 0.258 e. The number of hydrogen-bond acceptors (Lipinski definition) is 5. The number of aromatic nitrogens is 2. The summed E-state index contributed by atoms with van der Waals surface area (Å²) in [6.07, 6.45) is 1.71. The Kier molecular flexibility index (Phi) is 5.01. The lowest BCUT2D eigenvalue weighted by molar-refractivity contribution is -0.113. The van der Waals surface area contributed by atoms with Crippen molar-refractivity contribution in [3.05, 3.63) is 63.0 Å². The topological polar surface area (TPSA) is 63.5 Å². The van der Waals surface area contributed by atoms with Crippen LogP contribution in [0.25, 0.3) is 4.96 Å². The smallest absolute Gasteiger partial charge is 0.258 e. The number of thioether (sulfide) groups is 1. The van der Waals surface area contributed by atoms with E-state index in [2.05, 4.69) is 10.3 Å². The van der Waals surface area contributed by atoms with E-state index in [1.807, 2.05) is 37.4 Å². The second-order valence-electron chi connectivity index (χ2n) is 5.50. The molecule has 1 aromatic carbocycles. The molecule has 0 saturated heterocycles. The second-order valence-corrected chi connectivity index (χ2v) is 7.36. The molecule has 1 amide bonds. The van der Waals surface area contributed by atoms with E-state index in [0.29, 0.717) is 22.2 Å². The van der Waals surface area contributed by atoms with Crippen molar-refractivity contribution in [3.63, 3.8) is 0 Å². The molecule has 2 aromatic heterocycles. The van der Waals surface area contributed by atoms with E-state index in [1.165, 1.54) is 33.6 Å². The third-order valence-electron chi connectivity index (χ3n) is 3.51. The van der Waals surface area contributed by atoms with Crippen molar-refractivity contribution < 1.29 is 4.79 Å². The molecule has 0 bridgehead atoms. The number of nitrogens with one attached hydrogen (secondary N) is 1. The molecule has 3 rings (SSSR count). The van der Waals surface area contributed by atoms with Crippen LogP contribution in [0.4, 0.5) is 5.69 Å². The Bertz CT molecular complexity index is 946. The van der Waals surface area contributed by atoms with Crippen LogP contribution in [-0.4, -0.2) is 21.0 Å². The highest BCUT2D eigenvalue weighted by Gasteiger charge is 2.07. The zero-order valence-electron chi connectivity index (χ0n) is 13.4. The number of fused-ring (bicyclic) bond motifs is 1. The van der Waals surface area contributed by atoms with E-state index < -0.39 is 0 Å². The number of thiazole rings is 1. The minimum atomic E-state index is -0.0864. The van der Waals surface area contributed by atoms with Gasteiger partial charge in [0.05, 0.1) is 11.4 Å². The number of benzene rings is 1. The van der Waals surface area contributed by atoms with Crippen LogP contribution in [0.5, 0.6) is 0 Å². The molecule has 0 aliphatic carbocycles. The number of amides is 1. The Balaban J connectivity index is 1.58. The van der Waals surface area contributed by atoms with Gasteiger partial charge in [-0.3, -0.25) is 14.0 Å². The average Bonchev–Trinajstić information content (AvgIpc) is 3.00. The van der Waals surface area contributed by atoms with Gasteiger partial charge < -0.3 is 5.32 Å². The maximum absolute atomic E-state index is 12.1. The van der Waals surface area contributed by atoms with E-state index >= 15 is 0 Å². The van der Waals surface area contributed by atoms with Crippen LogP contribution in [0.3, 0.4) is 0 Å². The molecule has 2 heterocycles. The van der Waals surface area contributed by atoms with Gasteiger partial charge in [-0.1, -0.05) is 12.1 Å². The van der Waals surface area contributed by atoms with Gasteiger partial charge >= 0.3 is 0 Å². The van der Waals surface area contributed by atoms with E-state index in [4.69, 9.17) is 0 Å². The fourth-order valence-corrected chi connectivity index (χ4v) is 3.72. The van der Waals surface area contributed by atoms with Crippen molar-refractivity contribution in [2.75, 3.05) is 11.1 Å². The van der Waals surface area contributed by atoms with Gasteiger partial charge in [-0.05, 0) is 31.0 Å². The lowest BCUT2D eigenvalue weighted by Crippen LogP contribution is -2.16. The number of carbonyl (C=O) groups excluding carboxylic acids is 1. The molecule has 0 radical (unpaired) electrons. The highest BCUT2D eigenvalue weighted by Crippen LogP contribution is 2.17. The van der Waals surface area contributed by atoms with Gasteiger partial charge in [0.1, 0.15) is 0 Å². The molecule has 0 unspecified atom stereocenters. The van der Waals surface area contributed by atoms with Gasteiger partial charge in [-0.25, -0.2) is 4.98 Å². The number of carbonyl (C=O) groups is 1. The number of hydrogen-bond donors (Lipinski definition) is 1. The standard InChI is InChI=1S/C17H17N3O2S2/c1-11-3-4-12(2)14(7-11)19-15(21)10-23-9-13-8-16(22)20-5-6-24-17(20)18-13/h3-8H,9-10H2,1-2H3,(H,19,21). The van der Waals surface area contributed by atoms with E-state index in [0.717, 1.165) is 16.8 Å². The Hall–Kier alpha value is -2.12. The summed E-state index contributed by atoms with van der Waals surface area (Å²) in [5.74, 6) is 0.797. The van der Waals surface area contributed by atoms with Crippen molar-refractivity contribution in [2.24, 2.45) is 0 Å². The fraction of sp³-hybridized carbons (Fsp3) is 0.235. The largest absolute Gasteiger partial charge is 0.325 e. The van der Waals surface area contributed by atoms with Gasteiger partial charge in [0, 0.05) is 29.1 Å². The summed E-state index contributed by atoms with van der Waals surface area (Å²) in [6.45, 7) is 3.96. The summed E-state index contributed by atoms with van der Waals surface area (Å²) in [5, 5.41) is 4.76. The van der Waals surface area contributed by atoms with Crippen molar-refractivity contribution in [1.82, 2.24) is 9.38 Å². The third-order valence-corrected chi connectivity index (χ3v) is 5.23. The minimum absolute atomic E-state index is 0.0531. The zero-order chi connectivity index (χ0) is 17.1. The summed E-state index contributed by atoms with van der Waals surface area (Å²) in [7, 11) is 0. The second kappa shape index (κ2) is 7.19. The molecular weight excluding hydrogens is 342 g/mol. The molecule has 5 nitrogen and oxygen atoms in total. The normalized spacial score (nSPS) is 10.9. The first-order valence-corrected chi connectivity index (χ1v) is 9.47. The Morgan fingerprint density at radius 2 is 2.17 bits per heavy atom. The lowest BCUT2D eigenvalue weighted by Gasteiger charge is -2.09. The predicted molar refractivity (Wildman–Crippen MR) is 100 cm³/mol. The van der Waals surface area contributed by atoms with Gasteiger partial charge in [0.15, 0.2) is 4.96 Å². The fourth-order valence-electron chi connectivity index (χ4n) is 2.27. The van der Waals surface area contributed by atoms with Crippen LogP contribution in [-0.2, 0) is 10.5 Å². The molecule has 3 aromatic rings. The van der Waals surface area contributed by atoms with Crippen molar-refractivity contribution in [1.29, 1.82) is 0 Å². The molecule has 124 valence electrons. The summed E-state index contributed by atoms with van der Waals surface area (Å²) in [6, 6.07) is 7.50. The molecule has 24 heavy (non-hydrogen) atoms. The predicted octanol–water partition coefficient (Wildman–Crippen LogP) is 3.24. The molecule has 1 N–H and O–H groups in total. The first-order valence-electron chi connectivity index (χ1n) is 7.43. The molecule has 0 fully saturated rings. The van der Waals surface area contributed by atoms with Gasteiger partial charge in [-0.15, -0.1) is 23.1 Å². The van der Waals surface area contributed by atoms with Crippen LogP contribution in [0.2, 0.25) is 0 Å². The monoisotopic (exact) mass is 359 g/mol. The summed E-state index contributed by atoms with van der Waals surface area (Å²) in [5.41, 5.74) is 3.61. The van der Waals surface area contributed by atoms with E-state index in [1.54, 1.807) is 6.20 Å². The molecule has 0 spiro atoms. The summed E-state index contributed by atoms with van der Waals surface area (Å²) >= 11 is 2.87. The van der Waals surface area contributed by atoms with Crippen LogP contribution in [0.15, 0.2) is 40.6 Å². The van der Waals surface area contributed by atoms with Crippen LogP contribution in [0, 0.1) is 13.8 Å². The highest BCUT2D eigenvalue weighted by atomic mass is 32.2. The van der Waals surface area contributed by atoms with Crippen molar-refractivity contribution >= 4 is 39.7 Å². The number of aryl methyl sites for hydroxylation is 2. The maximum atomic E-state index is 12.1. The van der Waals surface area contributed by atoms with Crippen molar-refractivity contribution in [3.8, 4) is 0 Å². The summed E-state index contributed by atoms with van der Waals surface area (Å²) < 4.78 is 1.52. The van der Waals surface area contributed by atoms with Gasteiger partial charge in [0.25, 0.3) is 5.56 Å².